The molecule has 2 heterocycles. The van der Waals surface area contributed by atoms with Crippen molar-refractivity contribution in [1.29, 1.82) is 0 Å². The van der Waals surface area contributed by atoms with Crippen LogP contribution in [0.25, 0.3) is 22.4 Å². The smallest absolute Gasteiger partial charge is 0.231 e. The summed E-state index contributed by atoms with van der Waals surface area (Å²) in [5.74, 6) is 1.84. The molecule has 0 aliphatic carbocycles. The molecule has 1 aliphatic heterocycles. The number of anilines is 1. The third-order valence-corrected chi connectivity index (χ3v) is 4.32. The Bertz CT molecular complexity index is 1030. The first-order valence-electron chi connectivity index (χ1n) is 8.38. The molecular weight excluding hydrogens is 348 g/mol. The summed E-state index contributed by atoms with van der Waals surface area (Å²) in [4.78, 5) is 11.5. The van der Waals surface area contributed by atoms with Crippen molar-refractivity contribution in [2.45, 2.75) is 13.8 Å². The van der Waals surface area contributed by atoms with E-state index in [2.05, 4.69) is 10.5 Å². The van der Waals surface area contributed by atoms with E-state index in [1.165, 1.54) is 6.92 Å². The van der Waals surface area contributed by atoms with Crippen molar-refractivity contribution in [3.63, 3.8) is 0 Å². The number of nitrogens with zero attached hydrogens (tertiary/aromatic N) is 1. The molecule has 0 unspecified atom stereocenters. The van der Waals surface area contributed by atoms with Gasteiger partial charge in [0.25, 0.3) is 0 Å². The zero-order valence-corrected chi connectivity index (χ0v) is 15.2. The molecule has 0 saturated carbocycles. The first-order chi connectivity index (χ1) is 13.1. The van der Waals surface area contributed by atoms with Gasteiger partial charge in [-0.25, -0.2) is 0 Å². The standard InChI is InChI=1S/C20H18N2O5/c1-11-6-14(8-18-20(11)26-10-25-18)19-15(9-27-22-19)13-4-5-17(24-3)16(7-13)21-12(2)23/h4-9H,10H2,1-3H3,(H,21,23). The lowest BCUT2D eigenvalue weighted by Crippen LogP contribution is -2.07. The molecule has 0 radical (unpaired) electrons. The third kappa shape index (κ3) is 3.08. The van der Waals surface area contributed by atoms with Gasteiger partial charge in [-0.3, -0.25) is 4.79 Å². The van der Waals surface area contributed by atoms with Gasteiger partial charge in [0.2, 0.25) is 12.7 Å². The molecule has 0 saturated heterocycles. The summed E-state index contributed by atoms with van der Waals surface area (Å²) in [6.45, 7) is 3.62. The zero-order valence-electron chi connectivity index (χ0n) is 15.2. The maximum atomic E-state index is 11.5. The van der Waals surface area contributed by atoms with Crippen molar-refractivity contribution in [3.8, 4) is 39.6 Å². The number of amides is 1. The summed E-state index contributed by atoms with van der Waals surface area (Å²) >= 11 is 0. The first kappa shape index (κ1) is 17.0. The average molecular weight is 366 g/mol. The fraction of sp³-hybridized carbons (Fsp3) is 0.200. The molecule has 1 amide bonds. The number of benzene rings is 2. The molecule has 1 N–H and O–H groups in total. The second-order valence-electron chi connectivity index (χ2n) is 6.20. The molecule has 27 heavy (non-hydrogen) atoms. The third-order valence-electron chi connectivity index (χ3n) is 4.32. The monoisotopic (exact) mass is 366 g/mol. The molecule has 0 fully saturated rings. The van der Waals surface area contributed by atoms with E-state index < -0.39 is 0 Å². The van der Waals surface area contributed by atoms with Crippen LogP contribution in [0.1, 0.15) is 12.5 Å². The molecule has 3 aromatic rings. The van der Waals surface area contributed by atoms with Crippen molar-refractivity contribution >= 4 is 11.6 Å². The summed E-state index contributed by atoms with van der Waals surface area (Å²) in [5, 5.41) is 6.95. The van der Waals surface area contributed by atoms with Crippen LogP contribution in [-0.2, 0) is 4.79 Å². The van der Waals surface area contributed by atoms with Gasteiger partial charge in [-0.05, 0) is 42.3 Å². The largest absolute Gasteiger partial charge is 0.495 e. The van der Waals surface area contributed by atoms with Crippen molar-refractivity contribution in [2.24, 2.45) is 0 Å². The van der Waals surface area contributed by atoms with Crippen LogP contribution in [0.2, 0.25) is 0 Å². The van der Waals surface area contributed by atoms with Crippen LogP contribution in [-0.4, -0.2) is 25.0 Å². The average Bonchev–Trinajstić information content (AvgIpc) is 3.30. The Balaban J connectivity index is 1.79. The molecule has 0 bridgehead atoms. The minimum atomic E-state index is -0.178. The van der Waals surface area contributed by atoms with Crippen LogP contribution < -0.4 is 19.5 Å². The lowest BCUT2D eigenvalue weighted by Gasteiger charge is -2.11. The number of carbonyl (C=O) groups is 1. The van der Waals surface area contributed by atoms with E-state index in [4.69, 9.17) is 18.7 Å². The number of hydrogen-bond acceptors (Lipinski definition) is 6. The highest BCUT2D eigenvalue weighted by Crippen LogP contribution is 2.42. The Hall–Kier alpha value is -3.48. The van der Waals surface area contributed by atoms with E-state index in [9.17, 15) is 4.79 Å². The molecular formula is C20H18N2O5. The highest BCUT2D eigenvalue weighted by molar-refractivity contribution is 5.92. The van der Waals surface area contributed by atoms with E-state index in [1.807, 2.05) is 31.2 Å². The molecule has 0 atom stereocenters. The van der Waals surface area contributed by atoms with E-state index in [0.29, 0.717) is 22.9 Å². The number of ether oxygens (including phenoxy) is 3. The fourth-order valence-corrected chi connectivity index (χ4v) is 3.13. The summed E-state index contributed by atoms with van der Waals surface area (Å²) in [6, 6.07) is 9.38. The Kier molecular flexibility index (Phi) is 4.19. The van der Waals surface area contributed by atoms with Crippen LogP contribution in [0.15, 0.2) is 41.1 Å². The Morgan fingerprint density at radius 2 is 2.04 bits per heavy atom. The van der Waals surface area contributed by atoms with Gasteiger partial charge in [-0.1, -0.05) is 11.2 Å². The van der Waals surface area contributed by atoms with Gasteiger partial charge >= 0.3 is 0 Å². The summed E-state index contributed by atoms with van der Waals surface area (Å²) in [5.41, 5.74) is 4.71. The van der Waals surface area contributed by atoms with E-state index in [1.54, 1.807) is 19.4 Å². The Morgan fingerprint density at radius 3 is 2.81 bits per heavy atom. The molecule has 7 heteroatoms. The van der Waals surface area contributed by atoms with Crippen LogP contribution in [0.5, 0.6) is 17.2 Å². The van der Waals surface area contributed by atoms with Crippen LogP contribution in [0, 0.1) is 6.92 Å². The van der Waals surface area contributed by atoms with Gasteiger partial charge in [-0.2, -0.15) is 0 Å². The van der Waals surface area contributed by atoms with Gasteiger partial charge in [0.05, 0.1) is 12.8 Å². The molecule has 2 aromatic carbocycles. The Morgan fingerprint density at radius 1 is 1.19 bits per heavy atom. The highest BCUT2D eigenvalue weighted by atomic mass is 16.7. The fourth-order valence-electron chi connectivity index (χ4n) is 3.13. The maximum Gasteiger partial charge on any atom is 0.231 e. The lowest BCUT2D eigenvalue weighted by atomic mass is 9.99. The summed E-state index contributed by atoms with van der Waals surface area (Å²) in [7, 11) is 1.56. The van der Waals surface area contributed by atoms with Crippen molar-refractivity contribution in [3.05, 3.63) is 42.2 Å². The lowest BCUT2D eigenvalue weighted by molar-refractivity contribution is -0.114. The highest BCUT2D eigenvalue weighted by Gasteiger charge is 2.21. The molecule has 7 nitrogen and oxygen atoms in total. The number of nitrogens with one attached hydrogen (secondary N) is 1. The number of rotatable bonds is 4. The quantitative estimate of drug-likeness (QED) is 0.751. The number of aryl methyl sites for hydroxylation is 1. The SMILES string of the molecule is COc1ccc(-c2conc2-c2cc(C)c3c(c2)OCO3)cc1NC(C)=O. The first-order valence-corrected chi connectivity index (χ1v) is 8.38. The normalized spacial score (nSPS) is 12.1. The minimum absolute atomic E-state index is 0.178. The predicted octanol–water partition coefficient (Wildman–Crippen LogP) is 4.01. The molecule has 138 valence electrons. The van der Waals surface area contributed by atoms with Crippen LogP contribution in [0.4, 0.5) is 5.69 Å². The van der Waals surface area contributed by atoms with E-state index >= 15 is 0 Å². The van der Waals surface area contributed by atoms with E-state index in [-0.39, 0.29) is 12.7 Å². The van der Waals surface area contributed by atoms with Gasteiger partial charge < -0.3 is 24.1 Å². The number of carbonyl (C=O) groups excluding carboxylic acids is 1. The zero-order chi connectivity index (χ0) is 19.0. The maximum absolute atomic E-state index is 11.5. The number of hydrogen-bond donors (Lipinski definition) is 1. The van der Waals surface area contributed by atoms with Crippen LogP contribution >= 0.6 is 0 Å². The van der Waals surface area contributed by atoms with Crippen LogP contribution in [0.3, 0.4) is 0 Å². The van der Waals surface area contributed by atoms with Gasteiger partial charge in [0.15, 0.2) is 11.5 Å². The van der Waals surface area contributed by atoms with Crippen molar-refractivity contribution in [1.82, 2.24) is 5.16 Å². The van der Waals surface area contributed by atoms with E-state index in [0.717, 1.165) is 28.0 Å². The van der Waals surface area contributed by atoms with Crippen molar-refractivity contribution in [2.75, 3.05) is 19.2 Å². The number of methoxy groups -OCH3 is 1. The Labute approximate surface area is 155 Å². The van der Waals surface area contributed by atoms with Gasteiger partial charge in [-0.15, -0.1) is 0 Å². The molecule has 0 spiro atoms. The molecule has 4 rings (SSSR count). The number of fused-ring (bicyclic) bond motifs is 1. The minimum Gasteiger partial charge on any atom is -0.495 e. The molecule has 1 aliphatic rings. The van der Waals surface area contributed by atoms with Gasteiger partial charge in [0, 0.05) is 18.1 Å². The molecule has 1 aromatic heterocycles. The van der Waals surface area contributed by atoms with Crippen molar-refractivity contribution < 1.29 is 23.5 Å². The predicted molar refractivity (Wildman–Crippen MR) is 99.1 cm³/mol. The summed E-state index contributed by atoms with van der Waals surface area (Å²) in [6.07, 6.45) is 1.58. The second-order valence-corrected chi connectivity index (χ2v) is 6.20. The summed E-state index contributed by atoms with van der Waals surface area (Å²) < 4.78 is 21.6. The second kappa shape index (κ2) is 6.68. The van der Waals surface area contributed by atoms with Gasteiger partial charge in [0.1, 0.15) is 17.7 Å². The topological polar surface area (TPSA) is 82.8 Å². The number of aromatic nitrogens is 1.